The average Bonchev–Trinajstić information content (AvgIpc) is 2.63. The Hall–Kier alpha value is -1.59. The monoisotopic (exact) mass is 345 g/mol. The molecule has 3 atom stereocenters. The Kier molecular flexibility index (Phi) is 6.32. The number of morpholine rings is 1. The molecule has 138 valence electrons. The van der Waals surface area contributed by atoms with Gasteiger partial charge in [0.1, 0.15) is 0 Å². The van der Waals surface area contributed by atoms with Crippen molar-refractivity contribution in [1.82, 2.24) is 5.32 Å². The first-order chi connectivity index (χ1) is 12.1. The number of amides is 1. The van der Waals surface area contributed by atoms with Crippen LogP contribution in [0, 0.1) is 11.8 Å². The molecule has 0 radical (unpaired) electrons. The summed E-state index contributed by atoms with van der Waals surface area (Å²) in [7, 11) is 0. The predicted octanol–water partition coefficient (Wildman–Crippen LogP) is 2.88. The van der Waals surface area contributed by atoms with E-state index < -0.39 is 0 Å². The van der Waals surface area contributed by atoms with Gasteiger partial charge in [0.05, 0.1) is 19.8 Å². The van der Waals surface area contributed by atoms with Crippen LogP contribution in [0.2, 0.25) is 0 Å². The number of hydrogen-bond acceptors (Lipinski definition) is 4. The van der Waals surface area contributed by atoms with Crippen molar-refractivity contribution in [3.63, 3.8) is 0 Å². The highest BCUT2D eigenvalue weighted by Crippen LogP contribution is 2.28. The van der Waals surface area contributed by atoms with Gasteiger partial charge in [-0.25, -0.2) is 0 Å². The molecule has 1 unspecified atom stereocenters. The first-order valence-electron chi connectivity index (χ1n) is 9.59. The van der Waals surface area contributed by atoms with Gasteiger partial charge in [-0.3, -0.25) is 4.79 Å². The minimum absolute atomic E-state index is 0.0316. The van der Waals surface area contributed by atoms with Crippen LogP contribution in [-0.4, -0.2) is 44.8 Å². The number of rotatable bonds is 5. The summed E-state index contributed by atoms with van der Waals surface area (Å²) in [6.45, 7) is 8.36. The molecule has 2 fully saturated rings. The van der Waals surface area contributed by atoms with Crippen molar-refractivity contribution in [1.29, 1.82) is 0 Å². The lowest BCUT2D eigenvalue weighted by molar-refractivity contribution is -0.115. The first kappa shape index (κ1) is 18.2. The molecular formula is C20H31N3O2. The topological polar surface area (TPSA) is 53.6 Å². The second-order valence-electron chi connectivity index (χ2n) is 7.49. The van der Waals surface area contributed by atoms with E-state index in [9.17, 15) is 4.79 Å². The lowest BCUT2D eigenvalue weighted by Gasteiger charge is -2.35. The lowest BCUT2D eigenvalue weighted by atomic mass is 9.79. The molecule has 1 aliphatic heterocycles. The number of nitrogens with zero attached hydrogens (tertiary/aromatic N) is 1. The van der Waals surface area contributed by atoms with Crippen LogP contribution in [0.3, 0.4) is 0 Å². The van der Waals surface area contributed by atoms with Gasteiger partial charge in [-0.2, -0.15) is 0 Å². The smallest absolute Gasteiger partial charge is 0.238 e. The third kappa shape index (κ3) is 4.95. The van der Waals surface area contributed by atoms with E-state index in [1.165, 1.54) is 24.9 Å². The van der Waals surface area contributed by atoms with E-state index in [1.807, 2.05) is 12.1 Å². The van der Waals surface area contributed by atoms with E-state index in [0.717, 1.165) is 32.0 Å². The van der Waals surface area contributed by atoms with Crippen molar-refractivity contribution < 1.29 is 9.53 Å². The molecule has 1 heterocycles. The van der Waals surface area contributed by atoms with Crippen molar-refractivity contribution in [2.45, 2.75) is 39.2 Å². The number of benzene rings is 1. The number of carbonyl (C=O) groups is 1. The summed E-state index contributed by atoms with van der Waals surface area (Å²) in [4.78, 5) is 14.6. The van der Waals surface area contributed by atoms with Crippen LogP contribution in [0.25, 0.3) is 0 Å². The third-order valence-corrected chi connectivity index (χ3v) is 5.57. The Morgan fingerprint density at radius 1 is 1.12 bits per heavy atom. The summed E-state index contributed by atoms with van der Waals surface area (Å²) in [5.74, 6) is 1.32. The van der Waals surface area contributed by atoms with Gasteiger partial charge >= 0.3 is 0 Å². The highest BCUT2D eigenvalue weighted by atomic mass is 16.5. The maximum Gasteiger partial charge on any atom is 0.238 e. The molecule has 0 spiro atoms. The van der Waals surface area contributed by atoms with Crippen LogP contribution in [0.1, 0.15) is 33.1 Å². The molecule has 1 saturated carbocycles. The molecule has 0 bridgehead atoms. The van der Waals surface area contributed by atoms with Crippen LogP contribution < -0.4 is 15.5 Å². The molecule has 1 aromatic rings. The fourth-order valence-electron chi connectivity index (χ4n) is 4.08. The summed E-state index contributed by atoms with van der Waals surface area (Å²) in [5, 5.41) is 6.47. The third-order valence-electron chi connectivity index (χ3n) is 5.57. The van der Waals surface area contributed by atoms with Gasteiger partial charge < -0.3 is 20.3 Å². The van der Waals surface area contributed by atoms with Crippen molar-refractivity contribution in [3.05, 3.63) is 24.3 Å². The molecule has 1 amide bonds. The van der Waals surface area contributed by atoms with Gasteiger partial charge in [0.25, 0.3) is 0 Å². The van der Waals surface area contributed by atoms with Gasteiger partial charge in [-0.1, -0.05) is 20.3 Å². The first-order valence-corrected chi connectivity index (χ1v) is 9.59. The van der Waals surface area contributed by atoms with Gasteiger partial charge in [-0.15, -0.1) is 0 Å². The highest BCUT2D eigenvalue weighted by Gasteiger charge is 2.27. The summed E-state index contributed by atoms with van der Waals surface area (Å²) in [5.41, 5.74) is 2.04. The molecule has 1 aromatic carbocycles. The highest BCUT2D eigenvalue weighted by molar-refractivity contribution is 5.92. The Morgan fingerprint density at radius 2 is 1.76 bits per heavy atom. The number of ether oxygens (including phenoxy) is 1. The van der Waals surface area contributed by atoms with E-state index in [4.69, 9.17) is 4.74 Å². The SMILES string of the molecule is C[C@@H]1CCC[C@H](C)C1NCC(=O)Nc1ccc(N2CCOCC2)cc1. The van der Waals surface area contributed by atoms with Crippen molar-refractivity contribution >= 4 is 17.3 Å². The molecule has 25 heavy (non-hydrogen) atoms. The second kappa shape index (κ2) is 8.68. The largest absolute Gasteiger partial charge is 0.378 e. The fraction of sp³-hybridized carbons (Fsp3) is 0.650. The van der Waals surface area contributed by atoms with Gasteiger partial charge in [0.2, 0.25) is 5.91 Å². The molecule has 1 saturated heterocycles. The van der Waals surface area contributed by atoms with Crippen LogP contribution >= 0.6 is 0 Å². The second-order valence-corrected chi connectivity index (χ2v) is 7.49. The van der Waals surface area contributed by atoms with Crippen molar-refractivity contribution in [3.8, 4) is 0 Å². The Labute approximate surface area is 151 Å². The zero-order chi connectivity index (χ0) is 17.6. The van der Waals surface area contributed by atoms with Gasteiger partial charge in [0.15, 0.2) is 0 Å². The van der Waals surface area contributed by atoms with Crippen LogP contribution in [-0.2, 0) is 9.53 Å². The summed E-state index contributed by atoms with van der Waals surface area (Å²) in [6, 6.07) is 8.55. The Bertz CT molecular complexity index is 545. The Balaban J connectivity index is 1.47. The molecular weight excluding hydrogens is 314 g/mol. The predicted molar refractivity (Wildman–Crippen MR) is 102 cm³/mol. The number of anilines is 2. The maximum absolute atomic E-state index is 12.3. The van der Waals surface area contributed by atoms with Crippen molar-refractivity contribution in [2.24, 2.45) is 11.8 Å². The van der Waals surface area contributed by atoms with Crippen LogP contribution in [0.4, 0.5) is 11.4 Å². The molecule has 1 aliphatic carbocycles. The minimum atomic E-state index is 0.0316. The normalized spacial score (nSPS) is 27.1. The molecule has 3 rings (SSSR count). The average molecular weight is 345 g/mol. The lowest BCUT2D eigenvalue weighted by Crippen LogP contribution is -2.45. The van der Waals surface area contributed by atoms with E-state index in [-0.39, 0.29) is 5.91 Å². The molecule has 5 heteroatoms. The maximum atomic E-state index is 12.3. The Morgan fingerprint density at radius 3 is 2.40 bits per heavy atom. The quantitative estimate of drug-likeness (QED) is 0.862. The van der Waals surface area contributed by atoms with Crippen LogP contribution in [0.5, 0.6) is 0 Å². The minimum Gasteiger partial charge on any atom is -0.378 e. The van der Waals surface area contributed by atoms with Gasteiger partial charge in [0, 0.05) is 30.5 Å². The van der Waals surface area contributed by atoms with Crippen molar-refractivity contribution in [2.75, 3.05) is 43.1 Å². The molecule has 2 aliphatic rings. The summed E-state index contributed by atoms with van der Waals surface area (Å²) >= 11 is 0. The number of carbonyl (C=O) groups excluding carboxylic acids is 1. The summed E-state index contributed by atoms with van der Waals surface area (Å²) < 4.78 is 5.38. The fourth-order valence-corrected chi connectivity index (χ4v) is 4.08. The van der Waals surface area contributed by atoms with E-state index in [2.05, 4.69) is 41.5 Å². The summed E-state index contributed by atoms with van der Waals surface area (Å²) in [6.07, 6.45) is 3.82. The number of nitrogens with one attached hydrogen (secondary N) is 2. The molecule has 2 N–H and O–H groups in total. The zero-order valence-corrected chi connectivity index (χ0v) is 15.5. The number of hydrogen-bond donors (Lipinski definition) is 2. The molecule has 0 aromatic heterocycles. The van der Waals surface area contributed by atoms with E-state index >= 15 is 0 Å². The van der Waals surface area contributed by atoms with Gasteiger partial charge in [-0.05, 0) is 48.9 Å². The van der Waals surface area contributed by atoms with E-state index in [0.29, 0.717) is 24.4 Å². The molecule has 5 nitrogen and oxygen atoms in total. The zero-order valence-electron chi connectivity index (χ0n) is 15.5. The van der Waals surface area contributed by atoms with Crippen LogP contribution in [0.15, 0.2) is 24.3 Å². The standard InChI is InChI=1S/C20H31N3O2/c1-15-4-3-5-16(2)20(15)21-14-19(24)22-17-6-8-18(9-7-17)23-10-12-25-13-11-23/h6-9,15-16,20-21H,3-5,10-14H2,1-2H3,(H,22,24)/t15-,16+,20?. The van der Waals surface area contributed by atoms with E-state index in [1.54, 1.807) is 0 Å².